The summed E-state index contributed by atoms with van der Waals surface area (Å²) in [7, 11) is 0. The van der Waals surface area contributed by atoms with Crippen molar-refractivity contribution in [2.75, 3.05) is 11.5 Å². The number of carbonyl (C=O) groups is 4. The number of nitrogens with zero attached hydrogens (tertiary/aromatic N) is 1. The van der Waals surface area contributed by atoms with Crippen LogP contribution in [0.25, 0.3) is 0 Å². The lowest BCUT2D eigenvalue weighted by Crippen LogP contribution is -2.31. The minimum absolute atomic E-state index is 0.181. The third-order valence-corrected chi connectivity index (χ3v) is 6.97. The number of ether oxygens (including phenoxy) is 1. The quantitative estimate of drug-likeness (QED) is 0.296. The van der Waals surface area contributed by atoms with Gasteiger partial charge in [-0.15, -0.1) is 0 Å². The number of imide groups is 1. The van der Waals surface area contributed by atoms with E-state index in [4.69, 9.17) is 4.74 Å². The minimum atomic E-state index is -0.684. The molecule has 3 atom stereocenters. The van der Waals surface area contributed by atoms with Gasteiger partial charge in [0.05, 0.1) is 23.1 Å². The highest BCUT2D eigenvalue weighted by Crippen LogP contribution is 2.45. The zero-order chi connectivity index (χ0) is 24.4. The van der Waals surface area contributed by atoms with Gasteiger partial charge >= 0.3 is 5.97 Å². The Morgan fingerprint density at radius 1 is 0.771 bits per heavy atom. The fraction of sp³-hybridized carbons (Fsp3) is 0.241. The molecule has 6 heteroatoms. The summed E-state index contributed by atoms with van der Waals surface area (Å²) in [5.41, 5.74) is 2.19. The standard InChI is InChI=1S/C29H25NO5/c31-26(20-10-5-2-6-11-20)18-35-29(34)22-12-7-13-23(16-22)30-27(32)24-15-14-21(17-25(24)28(30)33)19-8-3-1-4-9-19/h1-13,16,21,24-25H,14-15,17-18H2/t21-,24+,25-/m1/s1. The summed E-state index contributed by atoms with van der Waals surface area (Å²) in [5, 5.41) is 0. The van der Waals surface area contributed by atoms with Crippen molar-refractivity contribution in [2.45, 2.75) is 25.2 Å². The summed E-state index contributed by atoms with van der Waals surface area (Å²) < 4.78 is 5.20. The number of rotatable bonds is 6. The van der Waals surface area contributed by atoms with E-state index in [2.05, 4.69) is 12.1 Å². The van der Waals surface area contributed by atoms with Crippen LogP contribution in [0, 0.1) is 11.8 Å². The molecule has 5 rings (SSSR count). The highest BCUT2D eigenvalue weighted by Gasteiger charge is 2.50. The molecule has 1 heterocycles. The van der Waals surface area contributed by atoms with Gasteiger partial charge in [-0.1, -0.05) is 66.7 Å². The maximum atomic E-state index is 13.3. The monoisotopic (exact) mass is 467 g/mol. The molecule has 2 amide bonds. The third kappa shape index (κ3) is 4.52. The van der Waals surface area contributed by atoms with E-state index in [-0.39, 0.29) is 47.5 Å². The highest BCUT2D eigenvalue weighted by atomic mass is 16.5. The van der Waals surface area contributed by atoms with E-state index in [1.165, 1.54) is 16.5 Å². The van der Waals surface area contributed by atoms with Gasteiger partial charge in [0.1, 0.15) is 0 Å². The molecule has 1 saturated heterocycles. The number of fused-ring (bicyclic) bond motifs is 1. The number of hydrogen-bond donors (Lipinski definition) is 0. The maximum absolute atomic E-state index is 13.3. The van der Waals surface area contributed by atoms with Crippen LogP contribution in [0.5, 0.6) is 0 Å². The number of Topliss-reactive ketones (excluding diaryl/α,β-unsaturated/α-hetero) is 1. The number of amides is 2. The smallest absolute Gasteiger partial charge is 0.338 e. The van der Waals surface area contributed by atoms with E-state index in [1.54, 1.807) is 48.5 Å². The zero-order valence-corrected chi connectivity index (χ0v) is 19.1. The van der Waals surface area contributed by atoms with Gasteiger partial charge in [-0.3, -0.25) is 19.3 Å². The molecule has 0 radical (unpaired) electrons. The van der Waals surface area contributed by atoms with Crippen molar-refractivity contribution < 1.29 is 23.9 Å². The molecule has 176 valence electrons. The molecule has 0 spiro atoms. The van der Waals surface area contributed by atoms with Crippen LogP contribution in [-0.2, 0) is 14.3 Å². The molecule has 6 nitrogen and oxygen atoms in total. The number of benzene rings is 3. The van der Waals surface area contributed by atoms with Crippen molar-refractivity contribution in [3.8, 4) is 0 Å². The van der Waals surface area contributed by atoms with Crippen molar-refractivity contribution in [1.82, 2.24) is 0 Å². The lowest BCUT2D eigenvalue weighted by molar-refractivity contribution is -0.122. The average molecular weight is 468 g/mol. The average Bonchev–Trinajstić information content (AvgIpc) is 3.17. The molecule has 0 bridgehead atoms. The normalized spacial score (nSPS) is 21.5. The summed E-state index contributed by atoms with van der Waals surface area (Å²) in [5.74, 6) is -1.87. The Hall–Kier alpha value is -4.06. The van der Waals surface area contributed by atoms with Crippen molar-refractivity contribution in [3.05, 3.63) is 102 Å². The topological polar surface area (TPSA) is 80.8 Å². The van der Waals surface area contributed by atoms with Gasteiger partial charge in [0.2, 0.25) is 11.8 Å². The Labute approximate surface area is 203 Å². The van der Waals surface area contributed by atoms with E-state index in [0.717, 1.165) is 6.42 Å². The number of ketones is 1. The van der Waals surface area contributed by atoms with E-state index in [0.29, 0.717) is 24.1 Å². The molecule has 2 fully saturated rings. The second kappa shape index (κ2) is 9.66. The van der Waals surface area contributed by atoms with E-state index < -0.39 is 5.97 Å². The fourth-order valence-corrected chi connectivity index (χ4v) is 5.16. The molecule has 1 aliphatic carbocycles. The molecule has 3 aromatic carbocycles. The molecule has 35 heavy (non-hydrogen) atoms. The summed E-state index contributed by atoms with van der Waals surface area (Å²) in [4.78, 5) is 52.6. The minimum Gasteiger partial charge on any atom is -0.454 e. The molecule has 0 unspecified atom stereocenters. The highest BCUT2D eigenvalue weighted by molar-refractivity contribution is 6.22. The SMILES string of the molecule is O=C(COC(=O)c1cccc(N2C(=O)[C@H]3CC[C@@H](c4ccccc4)C[C@H]3C2=O)c1)c1ccccc1. The van der Waals surface area contributed by atoms with Crippen LogP contribution in [0.4, 0.5) is 5.69 Å². The van der Waals surface area contributed by atoms with Crippen molar-refractivity contribution in [3.63, 3.8) is 0 Å². The van der Waals surface area contributed by atoms with Crippen LogP contribution >= 0.6 is 0 Å². The van der Waals surface area contributed by atoms with Crippen LogP contribution in [0.1, 0.15) is 51.5 Å². The molecular weight excluding hydrogens is 442 g/mol. The Balaban J connectivity index is 1.29. The zero-order valence-electron chi connectivity index (χ0n) is 19.1. The Morgan fingerprint density at radius 2 is 1.43 bits per heavy atom. The molecule has 0 aromatic heterocycles. The summed E-state index contributed by atoms with van der Waals surface area (Å²) in [6.07, 6.45) is 2.16. The van der Waals surface area contributed by atoms with E-state index in [1.807, 2.05) is 18.2 Å². The number of carbonyl (C=O) groups excluding carboxylic acids is 4. The Bertz CT molecular complexity index is 1270. The van der Waals surface area contributed by atoms with Crippen LogP contribution in [-0.4, -0.2) is 30.2 Å². The molecule has 3 aromatic rings. The van der Waals surface area contributed by atoms with Crippen molar-refractivity contribution in [1.29, 1.82) is 0 Å². The molecule has 1 aliphatic heterocycles. The predicted octanol–water partition coefficient (Wildman–Crippen LogP) is 4.80. The van der Waals surface area contributed by atoms with Crippen LogP contribution in [0.2, 0.25) is 0 Å². The molecule has 0 N–H and O–H groups in total. The molecular formula is C29H25NO5. The van der Waals surface area contributed by atoms with Crippen LogP contribution < -0.4 is 4.90 Å². The summed E-state index contributed by atoms with van der Waals surface area (Å²) >= 11 is 0. The van der Waals surface area contributed by atoms with E-state index in [9.17, 15) is 19.2 Å². The van der Waals surface area contributed by atoms with Gasteiger partial charge in [0.15, 0.2) is 12.4 Å². The lowest BCUT2D eigenvalue weighted by Gasteiger charge is -2.28. The molecule has 2 aliphatic rings. The summed E-state index contributed by atoms with van der Waals surface area (Å²) in [6, 6.07) is 25.0. The van der Waals surface area contributed by atoms with Gasteiger partial charge in [0, 0.05) is 5.56 Å². The van der Waals surface area contributed by atoms with Gasteiger partial charge in [-0.2, -0.15) is 0 Å². The largest absolute Gasteiger partial charge is 0.454 e. The van der Waals surface area contributed by atoms with Crippen LogP contribution in [0.3, 0.4) is 0 Å². The first-order chi connectivity index (χ1) is 17.0. The maximum Gasteiger partial charge on any atom is 0.338 e. The molecule has 1 saturated carbocycles. The number of anilines is 1. The first kappa shape index (κ1) is 22.7. The fourth-order valence-electron chi connectivity index (χ4n) is 5.16. The van der Waals surface area contributed by atoms with E-state index >= 15 is 0 Å². The Kier molecular flexibility index (Phi) is 6.27. The van der Waals surface area contributed by atoms with Crippen molar-refractivity contribution in [2.24, 2.45) is 11.8 Å². The lowest BCUT2D eigenvalue weighted by atomic mass is 9.73. The number of hydrogen-bond acceptors (Lipinski definition) is 5. The van der Waals surface area contributed by atoms with Crippen LogP contribution in [0.15, 0.2) is 84.9 Å². The first-order valence-electron chi connectivity index (χ1n) is 11.8. The van der Waals surface area contributed by atoms with Crippen molar-refractivity contribution >= 4 is 29.3 Å². The summed E-state index contributed by atoms with van der Waals surface area (Å²) in [6.45, 7) is -0.389. The second-order valence-corrected chi connectivity index (χ2v) is 9.06. The number of esters is 1. The van der Waals surface area contributed by atoms with Gasteiger partial charge in [-0.25, -0.2) is 4.79 Å². The van der Waals surface area contributed by atoms with Gasteiger partial charge in [0.25, 0.3) is 0 Å². The predicted molar refractivity (Wildman–Crippen MR) is 130 cm³/mol. The Morgan fingerprint density at radius 3 is 2.17 bits per heavy atom. The third-order valence-electron chi connectivity index (χ3n) is 6.97. The first-order valence-corrected chi connectivity index (χ1v) is 11.8. The second-order valence-electron chi connectivity index (χ2n) is 9.06. The van der Waals surface area contributed by atoms with Gasteiger partial charge < -0.3 is 4.74 Å². The van der Waals surface area contributed by atoms with Gasteiger partial charge in [-0.05, 0) is 48.9 Å².